The lowest BCUT2D eigenvalue weighted by molar-refractivity contribution is 0.221. The van der Waals surface area contributed by atoms with Gasteiger partial charge < -0.3 is 5.11 Å². The van der Waals surface area contributed by atoms with Crippen LogP contribution in [0.4, 0.5) is 4.39 Å². The number of benzene rings is 3. The summed E-state index contributed by atoms with van der Waals surface area (Å²) in [6, 6.07) is 16.5. The van der Waals surface area contributed by atoms with Crippen LogP contribution in [-0.2, 0) is 0 Å². The summed E-state index contributed by atoms with van der Waals surface area (Å²) in [5.74, 6) is -0.288. The van der Waals surface area contributed by atoms with Gasteiger partial charge in [-0.3, -0.25) is 0 Å². The van der Waals surface area contributed by atoms with Crippen LogP contribution in [0.5, 0.6) is 0 Å². The number of aliphatic hydroxyl groups is 1. The molecule has 1 N–H and O–H groups in total. The molecule has 0 amide bonds. The van der Waals surface area contributed by atoms with Crippen LogP contribution in [0, 0.1) is 16.3 Å². The maximum absolute atomic E-state index is 13.2. The zero-order valence-corrected chi connectivity index (χ0v) is 13.6. The molecule has 1 nitrogen and oxygen atoms in total. The first-order chi connectivity index (χ1) is 10.1. The molecule has 0 radical (unpaired) electrons. The van der Waals surface area contributed by atoms with Crippen LogP contribution >= 0.6 is 22.6 Å². The lowest BCUT2D eigenvalue weighted by Gasteiger charge is -2.17. The summed E-state index contributed by atoms with van der Waals surface area (Å²) in [6.07, 6.45) is -0.761. The topological polar surface area (TPSA) is 20.2 Å². The standard InChI is InChI=1S/C18H14FIO/c1-11-6-8-15(14-5-3-2-4-13(11)14)18(21)16-9-7-12(19)10-17(16)20/h2-10,18,21H,1H3. The van der Waals surface area contributed by atoms with Gasteiger partial charge in [0.2, 0.25) is 0 Å². The highest BCUT2D eigenvalue weighted by molar-refractivity contribution is 14.1. The van der Waals surface area contributed by atoms with Crippen molar-refractivity contribution in [2.24, 2.45) is 0 Å². The molecule has 0 aromatic heterocycles. The van der Waals surface area contributed by atoms with Crippen molar-refractivity contribution >= 4 is 33.4 Å². The van der Waals surface area contributed by atoms with E-state index in [9.17, 15) is 9.50 Å². The minimum Gasteiger partial charge on any atom is -0.384 e. The van der Waals surface area contributed by atoms with Crippen molar-refractivity contribution in [3.8, 4) is 0 Å². The van der Waals surface area contributed by atoms with Crippen LogP contribution in [0.25, 0.3) is 10.8 Å². The summed E-state index contributed by atoms with van der Waals surface area (Å²) in [7, 11) is 0. The van der Waals surface area contributed by atoms with E-state index in [0.29, 0.717) is 0 Å². The highest BCUT2D eigenvalue weighted by Crippen LogP contribution is 2.32. The number of aryl methyl sites for hydroxylation is 1. The summed E-state index contributed by atoms with van der Waals surface area (Å²) >= 11 is 2.06. The monoisotopic (exact) mass is 392 g/mol. The molecule has 0 spiro atoms. The van der Waals surface area contributed by atoms with Gasteiger partial charge in [-0.2, -0.15) is 0 Å². The molecule has 1 atom stereocenters. The smallest absolute Gasteiger partial charge is 0.124 e. The van der Waals surface area contributed by atoms with E-state index in [4.69, 9.17) is 0 Å². The number of hydrogen-bond donors (Lipinski definition) is 1. The van der Waals surface area contributed by atoms with Gasteiger partial charge in [-0.15, -0.1) is 0 Å². The molecule has 3 heteroatoms. The van der Waals surface area contributed by atoms with Gasteiger partial charge in [0, 0.05) is 3.57 Å². The van der Waals surface area contributed by atoms with Gasteiger partial charge in [0.1, 0.15) is 11.9 Å². The Kier molecular flexibility index (Phi) is 3.95. The van der Waals surface area contributed by atoms with Crippen LogP contribution in [0.2, 0.25) is 0 Å². The van der Waals surface area contributed by atoms with Crippen molar-refractivity contribution in [1.82, 2.24) is 0 Å². The highest BCUT2D eigenvalue weighted by atomic mass is 127. The van der Waals surface area contributed by atoms with Crippen molar-refractivity contribution in [3.05, 3.63) is 80.7 Å². The Morgan fingerprint density at radius 3 is 2.33 bits per heavy atom. The second-order valence-electron chi connectivity index (χ2n) is 5.09. The summed E-state index contributed by atoms with van der Waals surface area (Å²) in [5, 5.41) is 12.9. The molecule has 106 valence electrons. The number of hydrogen-bond acceptors (Lipinski definition) is 1. The van der Waals surface area contributed by atoms with Gasteiger partial charge in [-0.25, -0.2) is 4.39 Å². The average Bonchev–Trinajstić information content (AvgIpc) is 2.47. The van der Waals surface area contributed by atoms with E-state index < -0.39 is 6.10 Å². The Hall–Kier alpha value is -1.46. The zero-order valence-electron chi connectivity index (χ0n) is 11.5. The van der Waals surface area contributed by atoms with Crippen molar-refractivity contribution in [2.75, 3.05) is 0 Å². The number of halogens is 2. The first-order valence-corrected chi connectivity index (χ1v) is 7.77. The molecule has 3 aromatic rings. The van der Waals surface area contributed by atoms with E-state index in [2.05, 4.69) is 35.6 Å². The van der Waals surface area contributed by atoms with Crippen LogP contribution in [-0.4, -0.2) is 5.11 Å². The number of rotatable bonds is 2. The Morgan fingerprint density at radius 1 is 0.952 bits per heavy atom. The molecular formula is C18H14FIO. The van der Waals surface area contributed by atoms with Gasteiger partial charge in [0.05, 0.1) is 0 Å². The summed E-state index contributed by atoms with van der Waals surface area (Å²) in [5.41, 5.74) is 2.75. The average molecular weight is 392 g/mol. The molecule has 3 rings (SSSR count). The largest absolute Gasteiger partial charge is 0.384 e. The van der Waals surface area contributed by atoms with E-state index in [0.717, 1.165) is 25.5 Å². The van der Waals surface area contributed by atoms with Crippen molar-refractivity contribution < 1.29 is 9.50 Å². The Morgan fingerprint density at radius 2 is 1.62 bits per heavy atom. The van der Waals surface area contributed by atoms with Crippen LogP contribution in [0.1, 0.15) is 22.8 Å². The van der Waals surface area contributed by atoms with Gasteiger partial charge >= 0.3 is 0 Å². The number of aliphatic hydroxyl groups excluding tert-OH is 1. The van der Waals surface area contributed by atoms with Gasteiger partial charge in [-0.1, -0.05) is 42.5 Å². The molecule has 0 fully saturated rings. The fourth-order valence-corrected chi connectivity index (χ4v) is 3.37. The van der Waals surface area contributed by atoms with Crippen LogP contribution in [0.3, 0.4) is 0 Å². The second-order valence-corrected chi connectivity index (χ2v) is 6.25. The Balaban J connectivity index is 2.18. The van der Waals surface area contributed by atoms with Crippen LogP contribution in [0.15, 0.2) is 54.6 Å². The molecule has 0 saturated heterocycles. The summed E-state index contributed by atoms with van der Waals surface area (Å²) in [4.78, 5) is 0. The zero-order chi connectivity index (χ0) is 15.0. The van der Waals surface area contributed by atoms with Gasteiger partial charge in [0.15, 0.2) is 0 Å². The van der Waals surface area contributed by atoms with Crippen molar-refractivity contribution in [2.45, 2.75) is 13.0 Å². The molecule has 0 heterocycles. The quantitative estimate of drug-likeness (QED) is 0.611. The van der Waals surface area contributed by atoms with E-state index >= 15 is 0 Å². The van der Waals surface area contributed by atoms with E-state index in [1.54, 1.807) is 6.07 Å². The molecule has 0 aliphatic carbocycles. The SMILES string of the molecule is Cc1ccc(C(O)c2ccc(F)cc2I)c2ccccc12. The maximum atomic E-state index is 13.2. The van der Waals surface area contributed by atoms with E-state index in [-0.39, 0.29) is 5.82 Å². The second kappa shape index (κ2) is 5.73. The summed E-state index contributed by atoms with van der Waals surface area (Å²) < 4.78 is 14.0. The minimum absolute atomic E-state index is 0.288. The fourth-order valence-electron chi connectivity index (χ4n) is 2.60. The van der Waals surface area contributed by atoms with Gasteiger partial charge in [-0.05, 0) is 69.1 Å². The molecule has 1 unspecified atom stereocenters. The number of fused-ring (bicyclic) bond motifs is 1. The third-order valence-electron chi connectivity index (χ3n) is 3.73. The molecule has 3 aromatic carbocycles. The molecule has 0 aliphatic heterocycles. The van der Waals surface area contributed by atoms with Crippen molar-refractivity contribution in [3.63, 3.8) is 0 Å². The summed E-state index contributed by atoms with van der Waals surface area (Å²) in [6.45, 7) is 2.06. The Labute approximate surface area is 136 Å². The maximum Gasteiger partial charge on any atom is 0.124 e. The van der Waals surface area contributed by atoms with Gasteiger partial charge in [0.25, 0.3) is 0 Å². The third-order valence-corrected chi connectivity index (χ3v) is 4.66. The third kappa shape index (κ3) is 2.68. The Bertz CT molecular complexity index is 813. The van der Waals surface area contributed by atoms with E-state index in [1.165, 1.54) is 17.7 Å². The molecule has 21 heavy (non-hydrogen) atoms. The van der Waals surface area contributed by atoms with E-state index in [1.807, 2.05) is 30.3 Å². The first-order valence-electron chi connectivity index (χ1n) is 6.69. The first kappa shape index (κ1) is 14.5. The molecule has 0 saturated carbocycles. The predicted octanol–water partition coefficient (Wildman–Crippen LogP) is 4.97. The van der Waals surface area contributed by atoms with Crippen LogP contribution < -0.4 is 0 Å². The lowest BCUT2D eigenvalue weighted by atomic mass is 9.94. The highest BCUT2D eigenvalue weighted by Gasteiger charge is 2.17. The molecule has 0 aliphatic rings. The fraction of sp³-hybridized carbons (Fsp3) is 0.111. The van der Waals surface area contributed by atoms with Crippen molar-refractivity contribution in [1.29, 1.82) is 0 Å². The predicted molar refractivity (Wildman–Crippen MR) is 91.9 cm³/mol. The minimum atomic E-state index is -0.761. The molecule has 0 bridgehead atoms. The molecular weight excluding hydrogens is 378 g/mol. The normalized spacial score (nSPS) is 12.6. The lowest BCUT2D eigenvalue weighted by Crippen LogP contribution is -2.03.